The number of hydrogen-bond donors (Lipinski definition) is 0. The lowest BCUT2D eigenvalue weighted by atomic mass is 9.85. The molecule has 19 heavy (non-hydrogen) atoms. The Bertz CT molecular complexity index is 652. The Morgan fingerprint density at radius 3 is 2.53 bits per heavy atom. The molecule has 1 fully saturated rings. The Balaban J connectivity index is 2.20. The van der Waals surface area contributed by atoms with Gasteiger partial charge in [-0.2, -0.15) is 0 Å². The van der Waals surface area contributed by atoms with E-state index in [1.807, 2.05) is 6.07 Å². The van der Waals surface area contributed by atoms with E-state index in [0.717, 1.165) is 23.8 Å². The van der Waals surface area contributed by atoms with E-state index in [4.69, 9.17) is 4.42 Å². The van der Waals surface area contributed by atoms with Crippen LogP contribution in [0.3, 0.4) is 0 Å². The lowest BCUT2D eigenvalue weighted by Crippen LogP contribution is -2.11. The fourth-order valence-electron chi connectivity index (χ4n) is 2.52. The summed E-state index contributed by atoms with van der Waals surface area (Å²) in [6.45, 7) is 8.57. The zero-order valence-electron chi connectivity index (χ0n) is 12.0. The smallest absolute Gasteiger partial charge is 0.201 e. The van der Waals surface area contributed by atoms with Crippen LogP contribution in [0.2, 0.25) is 0 Å². The van der Waals surface area contributed by atoms with Gasteiger partial charge in [0, 0.05) is 16.9 Å². The van der Waals surface area contributed by atoms with Gasteiger partial charge in [0.05, 0.1) is 0 Å². The Labute approximate surface area is 113 Å². The number of Topliss-reactive ketones (excluding diaryl/α,β-unsaturated/α-hetero) is 1. The number of ketones is 1. The van der Waals surface area contributed by atoms with Crippen molar-refractivity contribution in [3.63, 3.8) is 0 Å². The second-order valence-corrected chi connectivity index (χ2v) is 6.67. The zero-order valence-corrected chi connectivity index (χ0v) is 12.0. The maximum Gasteiger partial charge on any atom is 0.201 e. The second-order valence-electron chi connectivity index (χ2n) is 6.67. The summed E-state index contributed by atoms with van der Waals surface area (Å²) in [6, 6.07) is 6.16. The third-order valence-corrected chi connectivity index (χ3v) is 3.90. The van der Waals surface area contributed by atoms with Crippen molar-refractivity contribution in [3.05, 3.63) is 35.1 Å². The Morgan fingerprint density at radius 2 is 1.95 bits per heavy atom. The first-order valence-electron chi connectivity index (χ1n) is 6.96. The number of carbonyl (C=O) groups excluding carboxylic acids is 1. The summed E-state index contributed by atoms with van der Waals surface area (Å²) >= 11 is 0. The summed E-state index contributed by atoms with van der Waals surface area (Å²) in [5, 5.41) is 1.08. The van der Waals surface area contributed by atoms with Crippen molar-refractivity contribution in [2.75, 3.05) is 0 Å². The van der Waals surface area contributed by atoms with Gasteiger partial charge >= 0.3 is 0 Å². The number of furan rings is 1. The van der Waals surface area contributed by atoms with Crippen LogP contribution in [0.25, 0.3) is 11.0 Å². The van der Waals surface area contributed by atoms with E-state index in [-0.39, 0.29) is 17.1 Å². The normalized spacial score (nSPS) is 16.0. The van der Waals surface area contributed by atoms with Crippen LogP contribution in [-0.4, -0.2) is 5.78 Å². The van der Waals surface area contributed by atoms with Crippen LogP contribution in [0.4, 0.5) is 0 Å². The molecule has 1 aliphatic carbocycles. The van der Waals surface area contributed by atoms with Crippen LogP contribution in [0.1, 0.15) is 55.3 Å². The molecule has 0 radical (unpaired) electrons. The highest BCUT2D eigenvalue weighted by molar-refractivity contribution is 6.01. The number of benzene rings is 1. The number of fused-ring (bicyclic) bond motifs is 1. The highest BCUT2D eigenvalue weighted by atomic mass is 16.3. The van der Waals surface area contributed by atoms with Gasteiger partial charge in [-0.25, -0.2) is 0 Å². The molecule has 0 N–H and O–H groups in total. The molecule has 0 bridgehead atoms. The standard InChI is InChI=1S/C17H20O2/c1-10-5-8-13(17(2,3)4)16-12(10)9-14(19-16)15(18)11-6-7-11/h5,8-9,11H,6-7H2,1-4H3. The van der Waals surface area contributed by atoms with E-state index in [2.05, 4.69) is 39.8 Å². The van der Waals surface area contributed by atoms with Gasteiger partial charge in [-0.15, -0.1) is 0 Å². The Morgan fingerprint density at radius 1 is 1.26 bits per heavy atom. The fourth-order valence-corrected chi connectivity index (χ4v) is 2.52. The fraction of sp³-hybridized carbons (Fsp3) is 0.471. The van der Waals surface area contributed by atoms with Crippen molar-refractivity contribution in [3.8, 4) is 0 Å². The molecule has 3 rings (SSSR count). The van der Waals surface area contributed by atoms with Gasteiger partial charge in [-0.1, -0.05) is 32.9 Å². The molecule has 100 valence electrons. The Hall–Kier alpha value is -1.57. The highest BCUT2D eigenvalue weighted by Crippen LogP contribution is 2.37. The zero-order chi connectivity index (χ0) is 13.8. The first-order valence-corrected chi connectivity index (χ1v) is 6.96. The molecule has 1 aliphatic rings. The first-order chi connectivity index (χ1) is 8.88. The molecular formula is C17H20O2. The third kappa shape index (κ3) is 2.09. The van der Waals surface area contributed by atoms with Gasteiger partial charge < -0.3 is 4.42 Å². The van der Waals surface area contributed by atoms with E-state index in [0.29, 0.717) is 5.76 Å². The van der Waals surface area contributed by atoms with Crippen LogP contribution < -0.4 is 0 Å². The van der Waals surface area contributed by atoms with E-state index in [1.54, 1.807) is 0 Å². The van der Waals surface area contributed by atoms with Gasteiger partial charge in [-0.3, -0.25) is 4.79 Å². The predicted molar refractivity (Wildman–Crippen MR) is 76.7 cm³/mol. The van der Waals surface area contributed by atoms with Gasteiger partial charge in [0.15, 0.2) is 5.76 Å². The molecule has 1 saturated carbocycles. The molecule has 0 aliphatic heterocycles. The van der Waals surface area contributed by atoms with E-state index >= 15 is 0 Å². The van der Waals surface area contributed by atoms with E-state index in [9.17, 15) is 4.79 Å². The summed E-state index contributed by atoms with van der Waals surface area (Å²) in [7, 11) is 0. The highest BCUT2D eigenvalue weighted by Gasteiger charge is 2.33. The van der Waals surface area contributed by atoms with Crippen molar-refractivity contribution < 1.29 is 9.21 Å². The van der Waals surface area contributed by atoms with Gasteiger partial charge in [0.1, 0.15) is 5.58 Å². The summed E-state index contributed by atoms with van der Waals surface area (Å²) in [4.78, 5) is 12.2. The van der Waals surface area contributed by atoms with Crippen LogP contribution in [0.5, 0.6) is 0 Å². The lowest BCUT2D eigenvalue weighted by Gasteiger charge is -2.19. The number of hydrogen-bond acceptors (Lipinski definition) is 2. The van der Waals surface area contributed by atoms with Gasteiger partial charge in [-0.05, 0) is 36.8 Å². The largest absolute Gasteiger partial charge is 0.453 e. The second kappa shape index (κ2) is 3.96. The first kappa shape index (κ1) is 12.5. The topological polar surface area (TPSA) is 30.2 Å². The van der Waals surface area contributed by atoms with E-state index in [1.165, 1.54) is 11.1 Å². The number of aryl methyl sites for hydroxylation is 1. The summed E-state index contributed by atoms with van der Waals surface area (Å²) in [5.74, 6) is 0.923. The molecule has 0 atom stereocenters. The minimum absolute atomic E-state index is 0.0176. The minimum atomic E-state index is 0.0176. The molecule has 0 unspecified atom stereocenters. The quantitative estimate of drug-likeness (QED) is 0.733. The minimum Gasteiger partial charge on any atom is -0.453 e. The summed E-state index contributed by atoms with van der Waals surface area (Å²) in [5.41, 5.74) is 3.24. The van der Waals surface area contributed by atoms with Crippen molar-refractivity contribution in [2.45, 2.75) is 46.0 Å². The lowest BCUT2D eigenvalue weighted by molar-refractivity contribution is 0.0942. The maximum absolute atomic E-state index is 12.2. The molecule has 1 aromatic heterocycles. The maximum atomic E-state index is 12.2. The SMILES string of the molecule is Cc1ccc(C(C)(C)C)c2oc(C(=O)C3CC3)cc12. The molecule has 1 heterocycles. The average Bonchev–Trinajstić information content (AvgIpc) is 3.06. The molecule has 2 nitrogen and oxygen atoms in total. The molecule has 2 aromatic rings. The summed E-state index contributed by atoms with van der Waals surface area (Å²) in [6.07, 6.45) is 2.03. The van der Waals surface area contributed by atoms with Crippen molar-refractivity contribution in [1.29, 1.82) is 0 Å². The van der Waals surface area contributed by atoms with Crippen molar-refractivity contribution in [1.82, 2.24) is 0 Å². The van der Waals surface area contributed by atoms with Gasteiger partial charge in [0.25, 0.3) is 0 Å². The van der Waals surface area contributed by atoms with Crippen molar-refractivity contribution >= 4 is 16.8 Å². The molecule has 0 spiro atoms. The molecule has 1 aromatic carbocycles. The van der Waals surface area contributed by atoms with Crippen molar-refractivity contribution in [2.24, 2.45) is 5.92 Å². The monoisotopic (exact) mass is 256 g/mol. The van der Waals surface area contributed by atoms with Crippen LogP contribution >= 0.6 is 0 Å². The molecule has 0 amide bonds. The molecular weight excluding hydrogens is 236 g/mol. The predicted octanol–water partition coefficient (Wildman–Crippen LogP) is 4.63. The van der Waals surface area contributed by atoms with Crippen LogP contribution in [-0.2, 0) is 5.41 Å². The number of rotatable bonds is 2. The van der Waals surface area contributed by atoms with E-state index < -0.39 is 0 Å². The van der Waals surface area contributed by atoms with Gasteiger partial charge in [0.2, 0.25) is 5.78 Å². The number of carbonyl (C=O) groups is 1. The average molecular weight is 256 g/mol. The van der Waals surface area contributed by atoms with Crippen LogP contribution in [0, 0.1) is 12.8 Å². The molecule has 0 saturated heterocycles. The third-order valence-electron chi connectivity index (χ3n) is 3.90. The molecule has 2 heteroatoms. The Kier molecular flexibility index (Phi) is 2.60. The summed E-state index contributed by atoms with van der Waals surface area (Å²) < 4.78 is 5.92. The van der Waals surface area contributed by atoms with Crippen LogP contribution in [0.15, 0.2) is 22.6 Å².